The van der Waals surface area contributed by atoms with Crippen LogP contribution in [0, 0.1) is 6.92 Å². The SMILES string of the molecule is CCOc1ccc(CN(C)C(=O)CCCO)cc1C. The number of aliphatic hydroxyl groups is 1. The fourth-order valence-corrected chi connectivity index (χ4v) is 1.91. The number of amides is 1. The highest BCUT2D eigenvalue weighted by Gasteiger charge is 2.09. The Bertz CT molecular complexity index is 418. The van der Waals surface area contributed by atoms with E-state index in [0.29, 0.717) is 26.0 Å². The number of hydrogen-bond donors (Lipinski definition) is 1. The molecule has 19 heavy (non-hydrogen) atoms. The molecule has 0 aliphatic rings. The average molecular weight is 265 g/mol. The van der Waals surface area contributed by atoms with E-state index in [1.807, 2.05) is 32.0 Å². The summed E-state index contributed by atoms with van der Waals surface area (Å²) in [5, 5.41) is 8.72. The molecule has 0 aromatic heterocycles. The van der Waals surface area contributed by atoms with Gasteiger partial charge in [-0.2, -0.15) is 0 Å². The van der Waals surface area contributed by atoms with E-state index < -0.39 is 0 Å². The summed E-state index contributed by atoms with van der Waals surface area (Å²) in [7, 11) is 1.78. The normalized spacial score (nSPS) is 10.3. The molecule has 1 aromatic carbocycles. The molecule has 0 aliphatic carbocycles. The van der Waals surface area contributed by atoms with Crippen molar-refractivity contribution in [1.29, 1.82) is 0 Å². The Morgan fingerprint density at radius 3 is 2.74 bits per heavy atom. The highest BCUT2D eigenvalue weighted by atomic mass is 16.5. The number of benzene rings is 1. The van der Waals surface area contributed by atoms with Crippen LogP contribution in [-0.4, -0.2) is 36.2 Å². The molecule has 0 aliphatic heterocycles. The number of aliphatic hydroxyl groups excluding tert-OH is 1. The van der Waals surface area contributed by atoms with Crippen LogP contribution in [0.15, 0.2) is 18.2 Å². The molecule has 0 atom stereocenters. The molecular formula is C15H23NO3. The van der Waals surface area contributed by atoms with Crippen molar-refractivity contribution in [3.8, 4) is 5.75 Å². The van der Waals surface area contributed by atoms with Gasteiger partial charge in [0, 0.05) is 26.6 Å². The minimum atomic E-state index is 0.0561. The number of carbonyl (C=O) groups is 1. The molecule has 4 nitrogen and oxygen atoms in total. The van der Waals surface area contributed by atoms with Crippen molar-refractivity contribution < 1.29 is 14.6 Å². The maximum atomic E-state index is 11.8. The second-order valence-corrected chi connectivity index (χ2v) is 4.61. The summed E-state index contributed by atoms with van der Waals surface area (Å²) in [6, 6.07) is 5.97. The molecule has 0 radical (unpaired) electrons. The summed E-state index contributed by atoms with van der Waals surface area (Å²) < 4.78 is 5.49. The van der Waals surface area contributed by atoms with Gasteiger partial charge in [0.25, 0.3) is 0 Å². The summed E-state index contributed by atoms with van der Waals surface area (Å²) in [5.74, 6) is 0.945. The van der Waals surface area contributed by atoms with Crippen molar-refractivity contribution in [3.05, 3.63) is 29.3 Å². The van der Waals surface area contributed by atoms with Crippen LogP contribution in [0.1, 0.15) is 30.9 Å². The zero-order chi connectivity index (χ0) is 14.3. The Kier molecular flexibility index (Phi) is 6.36. The molecule has 1 aromatic rings. The Morgan fingerprint density at radius 2 is 2.16 bits per heavy atom. The molecule has 0 fully saturated rings. The number of nitrogens with zero attached hydrogens (tertiary/aromatic N) is 1. The summed E-state index contributed by atoms with van der Waals surface area (Å²) in [5.41, 5.74) is 2.16. The van der Waals surface area contributed by atoms with Crippen LogP contribution >= 0.6 is 0 Å². The molecule has 0 saturated carbocycles. The van der Waals surface area contributed by atoms with Crippen LogP contribution < -0.4 is 4.74 Å². The van der Waals surface area contributed by atoms with Gasteiger partial charge in [-0.3, -0.25) is 4.79 Å². The largest absolute Gasteiger partial charge is 0.494 e. The average Bonchev–Trinajstić information content (AvgIpc) is 2.39. The van der Waals surface area contributed by atoms with E-state index in [2.05, 4.69) is 0 Å². The van der Waals surface area contributed by atoms with E-state index in [-0.39, 0.29) is 12.5 Å². The topological polar surface area (TPSA) is 49.8 Å². The quantitative estimate of drug-likeness (QED) is 0.821. The molecule has 0 heterocycles. The van der Waals surface area contributed by atoms with Crippen molar-refractivity contribution in [3.63, 3.8) is 0 Å². The maximum Gasteiger partial charge on any atom is 0.222 e. The Balaban J connectivity index is 2.61. The Labute approximate surface area is 115 Å². The van der Waals surface area contributed by atoms with Crippen LogP contribution in [-0.2, 0) is 11.3 Å². The molecule has 0 spiro atoms. The molecule has 1 rings (SSSR count). The lowest BCUT2D eigenvalue weighted by Crippen LogP contribution is -2.26. The number of aryl methyl sites for hydroxylation is 1. The molecule has 0 saturated heterocycles. The van der Waals surface area contributed by atoms with E-state index in [1.165, 1.54) is 0 Å². The van der Waals surface area contributed by atoms with E-state index >= 15 is 0 Å². The van der Waals surface area contributed by atoms with Gasteiger partial charge >= 0.3 is 0 Å². The van der Waals surface area contributed by atoms with Gasteiger partial charge in [-0.15, -0.1) is 0 Å². The lowest BCUT2D eigenvalue weighted by atomic mass is 10.1. The predicted octanol–water partition coefficient (Wildman–Crippen LogP) is 2.12. The zero-order valence-corrected chi connectivity index (χ0v) is 12.0. The summed E-state index contributed by atoms with van der Waals surface area (Å²) >= 11 is 0. The van der Waals surface area contributed by atoms with Gasteiger partial charge < -0.3 is 14.7 Å². The highest BCUT2D eigenvalue weighted by molar-refractivity contribution is 5.75. The lowest BCUT2D eigenvalue weighted by Gasteiger charge is -2.18. The van der Waals surface area contributed by atoms with Crippen LogP contribution in [0.4, 0.5) is 0 Å². The van der Waals surface area contributed by atoms with Gasteiger partial charge in [-0.05, 0) is 37.5 Å². The van der Waals surface area contributed by atoms with Crippen molar-refractivity contribution in [1.82, 2.24) is 4.90 Å². The second kappa shape index (κ2) is 7.79. The minimum Gasteiger partial charge on any atom is -0.494 e. The number of carbonyl (C=O) groups excluding carboxylic acids is 1. The molecule has 0 bridgehead atoms. The van der Waals surface area contributed by atoms with E-state index in [0.717, 1.165) is 16.9 Å². The number of ether oxygens (including phenoxy) is 1. The zero-order valence-electron chi connectivity index (χ0n) is 12.0. The smallest absolute Gasteiger partial charge is 0.222 e. The van der Waals surface area contributed by atoms with Crippen molar-refractivity contribution in [2.24, 2.45) is 0 Å². The first-order valence-electron chi connectivity index (χ1n) is 6.65. The highest BCUT2D eigenvalue weighted by Crippen LogP contribution is 2.20. The molecular weight excluding hydrogens is 242 g/mol. The van der Waals surface area contributed by atoms with Crippen LogP contribution in [0.3, 0.4) is 0 Å². The molecule has 1 N–H and O–H groups in total. The van der Waals surface area contributed by atoms with E-state index in [4.69, 9.17) is 9.84 Å². The van der Waals surface area contributed by atoms with Gasteiger partial charge in [0.05, 0.1) is 6.61 Å². The maximum absolute atomic E-state index is 11.8. The third-order valence-corrected chi connectivity index (χ3v) is 2.93. The van der Waals surface area contributed by atoms with Gasteiger partial charge in [0.2, 0.25) is 5.91 Å². The summed E-state index contributed by atoms with van der Waals surface area (Å²) in [6.07, 6.45) is 0.911. The molecule has 1 amide bonds. The standard InChI is InChI=1S/C15H23NO3/c1-4-19-14-8-7-13(10-12(14)2)11-16(3)15(18)6-5-9-17/h7-8,10,17H,4-6,9,11H2,1-3H3. The lowest BCUT2D eigenvalue weighted by molar-refractivity contribution is -0.130. The van der Waals surface area contributed by atoms with Gasteiger partial charge in [-0.1, -0.05) is 12.1 Å². The van der Waals surface area contributed by atoms with Crippen LogP contribution in [0.2, 0.25) is 0 Å². The van der Waals surface area contributed by atoms with E-state index in [9.17, 15) is 4.79 Å². The van der Waals surface area contributed by atoms with Gasteiger partial charge in [0.1, 0.15) is 5.75 Å². The predicted molar refractivity (Wildman–Crippen MR) is 75.1 cm³/mol. The summed E-state index contributed by atoms with van der Waals surface area (Å²) in [6.45, 7) is 5.25. The Morgan fingerprint density at radius 1 is 1.42 bits per heavy atom. The van der Waals surface area contributed by atoms with Crippen LogP contribution in [0.25, 0.3) is 0 Å². The van der Waals surface area contributed by atoms with Crippen LogP contribution in [0.5, 0.6) is 5.75 Å². The monoisotopic (exact) mass is 265 g/mol. The second-order valence-electron chi connectivity index (χ2n) is 4.61. The fraction of sp³-hybridized carbons (Fsp3) is 0.533. The number of rotatable bonds is 7. The van der Waals surface area contributed by atoms with Gasteiger partial charge in [0.15, 0.2) is 0 Å². The fourth-order valence-electron chi connectivity index (χ4n) is 1.91. The first-order valence-corrected chi connectivity index (χ1v) is 6.65. The Hall–Kier alpha value is -1.55. The van der Waals surface area contributed by atoms with E-state index in [1.54, 1.807) is 11.9 Å². The first kappa shape index (κ1) is 15.5. The van der Waals surface area contributed by atoms with Crippen molar-refractivity contribution in [2.75, 3.05) is 20.3 Å². The molecule has 106 valence electrons. The summed E-state index contributed by atoms with van der Waals surface area (Å²) in [4.78, 5) is 13.4. The minimum absolute atomic E-state index is 0.0561. The first-order chi connectivity index (χ1) is 9.08. The van der Waals surface area contributed by atoms with Crippen molar-refractivity contribution in [2.45, 2.75) is 33.2 Å². The van der Waals surface area contributed by atoms with Crippen molar-refractivity contribution >= 4 is 5.91 Å². The molecule has 0 unspecified atom stereocenters. The molecule has 4 heteroatoms. The number of hydrogen-bond acceptors (Lipinski definition) is 3. The van der Waals surface area contributed by atoms with Gasteiger partial charge in [-0.25, -0.2) is 0 Å². The third kappa shape index (κ3) is 4.91. The third-order valence-electron chi connectivity index (χ3n) is 2.93.